The fourth-order valence-electron chi connectivity index (χ4n) is 3.95. The SMILES string of the molecule is COc1ncccc1NC(=O)C(=O)NC[C@H]1CCCN2CCCC[C@@H]12. The van der Waals surface area contributed by atoms with E-state index in [9.17, 15) is 9.59 Å². The van der Waals surface area contributed by atoms with Gasteiger partial charge in [-0.25, -0.2) is 4.98 Å². The van der Waals surface area contributed by atoms with E-state index in [0.29, 0.717) is 24.2 Å². The molecule has 2 aliphatic heterocycles. The van der Waals surface area contributed by atoms with E-state index < -0.39 is 11.8 Å². The number of methoxy groups -OCH3 is 1. The van der Waals surface area contributed by atoms with E-state index in [1.807, 2.05) is 0 Å². The Morgan fingerprint density at radius 2 is 2.08 bits per heavy atom. The van der Waals surface area contributed by atoms with E-state index in [2.05, 4.69) is 20.5 Å². The molecule has 136 valence electrons. The molecule has 0 radical (unpaired) electrons. The van der Waals surface area contributed by atoms with E-state index in [0.717, 1.165) is 25.9 Å². The molecular formula is C18H26N4O3. The van der Waals surface area contributed by atoms with Crippen LogP contribution in [-0.4, -0.2) is 54.5 Å². The lowest BCUT2D eigenvalue weighted by molar-refractivity contribution is -0.136. The molecule has 25 heavy (non-hydrogen) atoms. The molecule has 0 unspecified atom stereocenters. The monoisotopic (exact) mass is 346 g/mol. The van der Waals surface area contributed by atoms with Crippen molar-refractivity contribution in [3.8, 4) is 5.88 Å². The van der Waals surface area contributed by atoms with Crippen LogP contribution < -0.4 is 15.4 Å². The van der Waals surface area contributed by atoms with E-state index in [4.69, 9.17) is 4.74 Å². The molecular weight excluding hydrogens is 320 g/mol. The lowest BCUT2D eigenvalue weighted by Crippen LogP contribution is -2.51. The summed E-state index contributed by atoms with van der Waals surface area (Å²) in [6.07, 6.45) is 7.56. The van der Waals surface area contributed by atoms with Crippen molar-refractivity contribution in [3.63, 3.8) is 0 Å². The lowest BCUT2D eigenvalue weighted by Gasteiger charge is -2.44. The first-order chi connectivity index (χ1) is 12.2. The number of hydrogen-bond donors (Lipinski definition) is 2. The van der Waals surface area contributed by atoms with E-state index in [-0.39, 0.29) is 5.88 Å². The zero-order chi connectivity index (χ0) is 17.6. The maximum atomic E-state index is 12.2. The Morgan fingerprint density at radius 3 is 2.92 bits per heavy atom. The summed E-state index contributed by atoms with van der Waals surface area (Å²) < 4.78 is 5.08. The quantitative estimate of drug-likeness (QED) is 0.806. The van der Waals surface area contributed by atoms with Gasteiger partial charge in [-0.15, -0.1) is 0 Å². The second-order valence-electron chi connectivity index (χ2n) is 6.73. The molecule has 3 rings (SSSR count). The number of pyridine rings is 1. The fraction of sp³-hybridized carbons (Fsp3) is 0.611. The number of carbonyl (C=O) groups excluding carboxylic acids is 2. The van der Waals surface area contributed by atoms with E-state index >= 15 is 0 Å². The predicted octanol–water partition coefficient (Wildman–Crippen LogP) is 1.41. The summed E-state index contributed by atoms with van der Waals surface area (Å²) in [5, 5.41) is 5.36. The van der Waals surface area contributed by atoms with Crippen LogP contribution in [0.15, 0.2) is 18.3 Å². The van der Waals surface area contributed by atoms with Crippen molar-refractivity contribution in [3.05, 3.63) is 18.3 Å². The van der Waals surface area contributed by atoms with Gasteiger partial charge in [0.15, 0.2) is 0 Å². The topological polar surface area (TPSA) is 83.6 Å². The number of anilines is 1. The highest BCUT2D eigenvalue weighted by Gasteiger charge is 2.33. The number of nitrogens with zero attached hydrogens (tertiary/aromatic N) is 2. The number of piperidine rings is 2. The summed E-state index contributed by atoms with van der Waals surface area (Å²) in [6, 6.07) is 3.87. The number of amides is 2. The van der Waals surface area contributed by atoms with Crippen LogP contribution in [0, 0.1) is 5.92 Å². The maximum Gasteiger partial charge on any atom is 0.313 e. The molecule has 2 atom stereocenters. The van der Waals surface area contributed by atoms with Gasteiger partial charge < -0.3 is 20.3 Å². The second kappa shape index (κ2) is 8.29. The third kappa shape index (κ3) is 4.28. The normalized spacial score (nSPS) is 23.4. The molecule has 2 fully saturated rings. The van der Waals surface area contributed by atoms with Crippen molar-refractivity contribution in [2.75, 3.05) is 32.1 Å². The molecule has 0 aliphatic carbocycles. The van der Waals surface area contributed by atoms with Crippen molar-refractivity contribution in [2.45, 2.75) is 38.1 Å². The van der Waals surface area contributed by atoms with Gasteiger partial charge in [0.25, 0.3) is 0 Å². The zero-order valence-corrected chi connectivity index (χ0v) is 14.7. The average Bonchev–Trinajstić information content (AvgIpc) is 2.66. The first-order valence-corrected chi connectivity index (χ1v) is 9.01. The Hall–Kier alpha value is -2.15. The molecule has 0 spiro atoms. The first-order valence-electron chi connectivity index (χ1n) is 9.01. The van der Waals surface area contributed by atoms with E-state index in [1.165, 1.54) is 26.4 Å². The van der Waals surface area contributed by atoms with Crippen LogP contribution in [-0.2, 0) is 9.59 Å². The minimum Gasteiger partial charge on any atom is -0.480 e. The lowest BCUT2D eigenvalue weighted by atomic mass is 9.83. The second-order valence-corrected chi connectivity index (χ2v) is 6.73. The van der Waals surface area contributed by atoms with Gasteiger partial charge in [-0.2, -0.15) is 0 Å². The molecule has 0 saturated carbocycles. The number of carbonyl (C=O) groups is 2. The third-order valence-electron chi connectivity index (χ3n) is 5.17. The van der Waals surface area contributed by atoms with Crippen LogP contribution in [0.1, 0.15) is 32.1 Å². The molecule has 7 nitrogen and oxygen atoms in total. The predicted molar refractivity (Wildman–Crippen MR) is 94.4 cm³/mol. The standard InChI is InChI=1S/C18H26N4O3/c1-25-18-14(7-4-9-19-18)21-17(24)16(23)20-12-13-6-5-11-22-10-3-2-8-15(13)22/h4,7,9,13,15H,2-3,5-6,8,10-12H2,1H3,(H,20,23)(H,21,24)/t13-,15+/m1/s1. The van der Waals surface area contributed by atoms with Gasteiger partial charge in [0, 0.05) is 18.8 Å². The Bertz CT molecular complexity index is 620. The summed E-state index contributed by atoms with van der Waals surface area (Å²) >= 11 is 0. The summed E-state index contributed by atoms with van der Waals surface area (Å²) in [5.41, 5.74) is 0.390. The van der Waals surface area contributed by atoms with Crippen LogP contribution in [0.5, 0.6) is 5.88 Å². The smallest absolute Gasteiger partial charge is 0.313 e. The molecule has 2 amide bonds. The summed E-state index contributed by atoms with van der Waals surface area (Å²) in [5.74, 6) is -0.589. The number of rotatable bonds is 4. The molecule has 1 aromatic rings. The first kappa shape index (κ1) is 17.7. The van der Waals surface area contributed by atoms with Crippen molar-refractivity contribution in [1.29, 1.82) is 0 Å². The molecule has 7 heteroatoms. The molecule has 2 saturated heterocycles. The van der Waals surface area contributed by atoms with Crippen molar-refractivity contribution < 1.29 is 14.3 Å². The van der Waals surface area contributed by atoms with Crippen molar-refractivity contribution in [1.82, 2.24) is 15.2 Å². The van der Waals surface area contributed by atoms with Gasteiger partial charge in [-0.05, 0) is 56.8 Å². The summed E-state index contributed by atoms with van der Waals surface area (Å²) in [6.45, 7) is 2.88. The molecule has 2 N–H and O–H groups in total. The van der Waals surface area contributed by atoms with Crippen molar-refractivity contribution in [2.24, 2.45) is 5.92 Å². The van der Waals surface area contributed by atoms with Crippen LogP contribution in [0.25, 0.3) is 0 Å². The van der Waals surface area contributed by atoms with Crippen LogP contribution in [0.3, 0.4) is 0 Å². The Balaban J connectivity index is 1.52. The van der Waals surface area contributed by atoms with Gasteiger partial charge >= 0.3 is 11.8 Å². The number of hydrogen-bond acceptors (Lipinski definition) is 5. The summed E-state index contributed by atoms with van der Waals surface area (Å²) in [4.78, 5) is 30.8. The van der Waals surface area contributed by atoms with Crippen LogP contribution in [0.2, 0.25) is 0 Å². The molecule has 0 bridgehead atoms. The minimum atomic E-state index is -0.692. The average molecular weight is 346 g/mol. The van der Waals surface area contributed by atoms with Crippen LogP contribution >= 0.6 is 0 Å². The number of nitrogens with one attached hydrogen (secondary N) is 2. The molecule has 1 aromatic heterocycles. The Labute approximate surface area is 148 Å². The highest BCUT2D eigenvalue weighted by atomic mass is 16.5. The van der Waals surface area contributed by atoms with Gasteiger partial charge in [0.2, 0.25) is 5.88 Å². The molecule has 0 aromatic carbocycles. The number of fused-ring (bicyclic) bond motifs is 1. The highest BCUT2D eigenvalue weighted by Crippen LogP contribution is 2.30. The number of ether oxygens (including phenoxy) is 1. The largest absolute Gasteiger partial charge is 0.480 e. The summed E-state index contributed by atoms with van der Waals surface area (Å²) in [7, 11) is 1.47. The minimum absolute atomic E-state index is 0.286. The van der Waals surface area contributed by atoms with Crippen LogP contribution in [0.4, 0.5) is 5.69 Å². The Morgan fingerprint density at radius 1 is 1.24 bits per heavy atom. The van der Waals surface area contributed by atoms with Gasteiger partial charge in [0.1, 0.15) is 5.69 Å². The third-order valence-corrected chi connectivity index (χ3v) is 5.17. The number of aromatic nitrogens is 1. The van der Waals surface area contributed by atoms with E-state index in [1.54, 1.807) is 18.3 Å². The molecule has 3 heterocycles. The zero-order valence-electron chi connectivity index (χ0n) is 14.7. The molecule has 2 aliphatic rings. The fourth-order valence-corrected chi connectivity index (χ4v) is 3.95. The van der Waals surface area contributed by atoms with Gasteiger partial charge in [0.05, 0.1) is 7.11 Å². The highest BCUT2D eigenvalue weighted by molar-refractivity contribution is 6.39. The maximum absolute atomic E-state index is 12.2. The van der Waals surface area contributed by atoms with Gasteiger partial charge in [-0.1, -0.05) is 6.42 Å². The Kier molecular flexibility index (Phi) is 5.86. The van der Waals surface area contributed by atoms with Gasteiger partial charge in [-0.3, -0.25) is 9.59 Å². The van der Waals surface area contributed by atoms with Crippen molar-refractivity contribution >= 4 is 17.5 Å².